The van der Waals surface area contributed by atoms with Gasteiger partial charge in [0.2, 0.25) is 0 Å². The van der Waals surface area contributed by atoms with Gasteiger partial charge in [-0.1, -0.05) is 25.5 Å². The second-order valence-electron chi connectivity index (χ2n) is 5.62. The number of hydrogen-bond acceptors (Lipinski definition) is 2. The SMILES string of the molecule is CCCCN(C)C(=NC)NCCc1ccc(-n2cccn2)cc1.I. The first-order valence-electron chi connectivity index (χ1n) is 8.25. The van der Waals surface area contributed by atoms with Crippen LogP contribution in [-0.4, -0.2) is 47.8 Å². The van der Waals surface area contributed by atoms with E-state index in [9.17, 15) is 0 Å². The molecule has 132 valence electrons. The molecule has 0 radical (unpaired) electrons. The zero-order chi connectivity index (χ0) is 16.5. The van der Waals surface area contributed by atoms with Gasteiger partial charge in [-0.15, -0.1) is 24.0 Å². The van der Waals surface area contributed by atoms with Crippen molar-refractivity contribution in [1.29, 1.82) is 0 Å². The maximum absolute atomic E-state index is 4.34. The lowest BCUT2D eigenvalue weighted by Gasteiger charge is -2.21. The molecule has 0 unspecified atom stereocenters. The molecule has 6 heteroatoms. The molecule has 0 saturated carbocycles. The summed E-state index contributed by atoms with van der Waals surface area (Å²) in [6, 6.07) is 10.4. The summed E-state index contributed by atoms with van der Waals surface area (Å²) in [5.41, 5.74) is 2.39. The Bertz CT molecular complexity index is 592. The summed E-state index contributed by atoms with van der Waals surface area (Å²) < 4.78 is 1.87. The third-order valence-corrected chi connectivity index (χ3v) is 3.82. The molecule has 0 aliphatic carbocycles. The number of nitrogens with zero attached hydrogens (tertiary/aromatic N) is 4. The predicted molar refractivity (Wildman–Crippen MR) is 112 cm³/mol. The van der Waals surface area contributed by atoms with Gasteiger partial charge in [-0.05, 0) is 36.6 Å². The molecule has 0 bridgehead atoms. The molecule has 0 aliphatic rings. The maximum atomic E-state index is 4.34. The van der Waals surface area contributed by atoms with Crippen LogP contribution in [0.2, 0.25) is 0 Å². The van der Waals surface area contributed by atoms with Crippen LogP contribution in [0.5, 0.6) is 0 Å². The first-order chi connectivity index (χ1) is 11.2. The third kappa shape index (κ3) is 6.14. The largest absolute Gasteiger partial charge is 0.356 e. The summed E-state index contributed by atoms with van der Waals surface area (Å²) in [7, 11) is 3.92. The van der Waals surface area contributed by atoms with Gasteiger partial charge >= 0.3 is 0 Å². The Balaban J connectivity index is 0.00000288. The van der Waals surface area contributed by atoms with Gasteiger partial charge < -0.3 is 10.2 Å². The lowest BCUT2D eigenvalue weighted by molar-refractivity contribution is 0.465. The quantitative estimate of drug-likeness (QED) is 0.407. The molecule has 0 aliphatic heterocycles. The molecule has 24 heavy (non-hydrogen) atoms. The highest BCUT2D eigenvalue weighted by molar-refractivity contribution is 14.0. The molecule has 1 heterocycles. The highest BCUT2D eigenvalue weighted by Gasteiger charge is 2.04. The van der Waals surface area contributed by atoms with E-state index in [-0.39, 0.29) is 24.0 Å². The average Bonchev–Trinajstić information content (AvgIpc) is 3.11. The molecule has 0 spiro atoms. The minimum absolute atomic E-state index is 0. The first-order valence-corrected chi connectivity index (χ1v) is 8.25. The monoisotopic (exact) mass is 441 g/mol. The van der Waals surface area contributed by atoms with Gasteiger partial charge in [0.1, 0.15) is 0 Å². The number of hydrogen-bond donors (Lipinski definition) is 1. The second kappa shape index (κ2) is 11.1. The number of rotatable bonds is 7. The van der Waals surface area contributed by atoms with E-state index in [1.165, 1.54) is 18.4 Å². The minimum Gasteiger partial charge on any atom is -0.356 e. The number of nitrogens with one attached hydrogen (secondary N) is 1. The Hall–Kier alpha value is -1.57. The summed E-state index contributed by atoms with van der Waals surface area (Å²) in [4.78, 5) is 6.52. The molecule has 0 amide bonds. The predicted octanol–water partition coefficient (Wildman–Crippen LogP) is 3.34. The van der Waals surface area contributed by atoms with Crippen molar-refractivity contribution in [2.45, 2.75) is 26.2 Å². The second-order valence-corrected chi connectivity index (χ2v) is 5.62. The standard InChI is InChI=1S/C18H27N5.HI/c1-4-5-14-22(3)18(19-2)20-13-11-16-7-9-17(10-8-16)23-15-6-12-21-23;/h6-10,12,15H,4-5,11,13-14H2,1-3H3,(H,19,20);1H. The lowest BCUT2D eigenvalue weighted by Crippen LogP contribution is -2.40. The molecule has 0 atom stereocenters. The first kappa shape index (κ1) is 20.5. The molecule has 1 aromatic carbocycles. The van der Waals surface area contributed by atoms with Crippen LogP contribution < -0.4 is 5.32 Å². The highest BCUT2D eigenvalue weighted by Crippen LogP contribution is 2.08. The topological polar surface area (TPSA) is 45.5 Å². The number of aliphatic imine (C=N–C) groups is 1. The molecule has 1 aromatic heterocycles. The van der Waals surface area contributed by atoms with E-state index in [1.807, 2.05) is 24.0 Å². The molecule has 2 rings (SSSR count). The number of unbranched alkanes of at least 4 members (excludes halogenated alkanes) is 1. The van der Waals surface area contributed by atoms with Crippen LogP contribution in [-0.2, 0) is 6.42 Å². The summed E-state index contributed by atoms with van der Waals surface area (Å²) in [6.07, 6.45) is 7.10. The van der Waals surface area contributed by atoms with Crippen LogP contribution in [0.15, 0.2) is 47.7 Å². The number of guanidine groups is 1. The van der Waals surface area contributed by atoms with Crippen LogP contribution in [0.3, 0.4) is 0 Å². The minimum atomic E-state index is 0. The number of aromatic nitrogens is 2. The van der Waals surface area contributed by atoms with Crippen LogP contribution in [0.1, 0.15) is 25.3 Å². The summed E-state index contributed by atoms with van der Waals surface area (Å²) in [5, 5.41) is 7.67. The fourth-order valence-electron chi connectivity index (χ4n) is 2.44. The van der Waals surface area contributed by atoms with Crippen molar-refractivity contribution in [3.63, 3.8) is 0 Å². The van der Waals surface area contributed by atoms with Crippen molar-refractivity contribution in [3.05, 3.63) is 48.3 Å². The molecule has 5 nitrogen and oxygen atoms in total. The van der Waals surface area contributed by atoms with Crippen molar-refractivity contribution in [2.24, 2.45) is 4.99 Å². The van der Waals surface area contributed by atoms with E-state index in [1.54, 1.807) is 6.20 Å². The van der Waals surface area contributed by atoms with Crippen molar-refractivity contribution < 1.29 is 0 Å². The third-order valence-electron chi connectivity index (χ3n) is 3.82. The van der Waals surface area contributed by atoms with Gasteiger partial charge in [-0.2, -0.15) is 5.10 Å². The summed E-state index contributed by atoms with van der Waals surface area (Å²) in [5.74, 6) is 0.964. The van der Waals surface area contributed by atoms with Crippen molar-refractivity contribution in [3.8, 4) is 5.69 Å². The Labute approximate surface area is 162 Å². The Kier molecular flexibility index (Phi) is 9.44. The summed E-state index contributed by atoms with van der Waals surface area (Å²) in [6.45, 7) is 4.12. The van der Waals surface area contributed by atoms with Gasteiger partial charge in [-0.3, -0.25) is 4.99 Å². The van der Waals surface area contributed by atoms with Gasteiger partial charge in [0.25, 0.3) is 0 Å². The van der Waals surface area contributed by atoms with Crippen molar-refractivity contribution in [1.82, 2.24) is 20.0 Å². The van der Waals surface area contributed by atoms with E-state index in [0.717, 1.165) is 31.2 Å². The smallest absolute Gasteiger partial charge is 0.193 e. The Morgan fingerprint density at radius 2 is 2.04 bits per heavy atom. The Morgan fingerprint density at radius 1 is 1.29 bits per heavy atom. The van der Waals surface area contributed by atoms with Crippen LogP contribution >= 0.6 is 24.0 Å². The zero-order valence-corrected chi connectivity index (χ0v) is 17.1. The van der Waals surface area contributed by atoms with Gasteiger partial charge in [0, 0.05) is 39.6 Å². The molecular formula is C18H28IN5. The van der Waals surface area contributed by atoms with Crippen LogP contribution in [0, 0.1) is 0 Å². The average molecular weight is 441 g/mol. The Morgan fingerprint density at radius 3 is 2.62 bits per heavy atom. The molecule has 1 N–H and O–H groups in total. The zero-order valence-electron chi connectivity index (χ0n) is 14.8. The van der Waals surface area contributed by atoms with E-state index in [4.69, 9.17) is 0 Å². The fourth-order valence-corrected chi connectivity index (χ4v) is 2.44. The summed E-state index contributed by atoms with van der Waals surface area (Å²) >= 11 is 0. The van der Waals surface area contributed by atoms with Crippen LogP contribution in [0.4, 0.5) is 0 Å². The van der Waals surface area contributed by atoms with Crippen molar-refractivity contribution >= 4 is 29.9 Å². The van der Waals surface area contributed by atoms with Gasteiger partial charge in [0.15, 0.2) is 5.96 Å². The van der Waals surface area contributed by atoms with E-state index < -0.39 is 0 Å². The maximum Gasteiger partial charge on any atom is 0.193 e. The normalized spacial score (nSPS) is 11.0. The molecule has 0 saturated heterocycles. The number of benzene rings is 1. The molecular weight excluding hydrogens is 413 g/mol. The van der Waals surface area contributed by atoms with Gasteiger partial charge in [0.05, 0.1) is 5.69 Å². The van der Waals surface area contributed by atoms with Crippen molar-refractivity contribution in [2.75, 3.05) is 27.2 Å². The highest BCUT2D eigenvalue weighted by atomic mass is 127. The van der Waals surface area contributed by atoms with Gasteiger partial charge in [-0.25, -0.2) is 4.68 Å². The fraction of sp³-hybridized carbons (Fsp3) is 0.444. The van der Waals surface area contributed by atoms with Crippen LogP contribution in [0.25, 0.3) is 5.69 Å². The van der Waals surface area contributed by atoms with E-state index >= 15 is 0 Å². The molecule has 2 aromatic rings. The van der Waals surface area contributed by atoms with E-state index in [0.29, 0.717) is 0 Å². The lowest BCUT2D eigenvalue weighted by atomic mass is 10.1. The number of halogens is 1. The van der Waals surface area contributed by atoms with E-state index in [2.05, 4.69) is 58.5 Å². The molecule has 0 fully saturated rings.